The second-order valence-corrected chi connectivity index (χ2v) is 38.3. The summed E-state index contributed by atoms with van der Waals surface area (Å²) in [6.45, 7) is 0. The van der Waals surface area contributed by atoms with Gasteiger partial charge in [-0.15, -0.1) is 0 Å². The highest BCUT2D eigenvalue weighted by molar-refractivity contribution is 6.19. The molecular weight excluding hydrogens is 1800 g/mol. The SMILES string of the molecule is c1ccc(-c2c(-c3ccc(N(c4ccccc4)c4ccccc4)cc3)c(-c3ccc(N(c4ccccc4)c4ccccc4)cc3)c(-c3ccccc3)c(-c3ccc4c(c3)C3(c5ccccc5-c5ccccc53)c3cc(-c5c(-c6ccccc6)c(-c6ccccc6)c(-c6ccc(N(c7ccccc7)c7ccccc7)cc6)c(-c6ccc(N(c7ccccc7)c7ccccc7)cc6)c5-c5ccccc5)ccc3-4)c2-c2ccccc2)cc1. The maximum absolute atomic E-state index is 2.65. The molecule has 2 aliphatic carbocycles. The Balaban J connectivity index is 0.763. The van der Waals surface area contributed by atoms with E-state index in [0.29, 0.717) is 0 Å². The largest absolute Gasteiger partial charge is 0.311 e. The fourth-order valence-electron chi connectivity index (χ4n) is 23.6. The second kappa shape index (κ2) is 39.3. The number of rotatable bonds is 24. The Morgan fingerprint density at radius 2 is 0.221 bits per heavy atom. The third-order valence-corrected chi connectivity index (χ3v) is 29.8. The molecule has 0 fully saturated rings. The third kappa shape index (κ3) is 16.2. The maximum Gasteiger partial charge on any atom is 0.0725 e. The Morgan fingerprint density at radius 1 is 0.0940 bits per heavy atom. The van der Waals surface area contributed by atoms with Crippen molar-refractivity contribution < 1.29 is 0 Å². The summed E-state index contributed by atoms with van der Waals surface area (Å²) in [5.41, 5.74) is 47.8. The molecule has 24 aromatic carbocycles. The van der Waals surface area contributed by atoms with Gasteiger partial charge >= 0.3 is 0 Å². The minimum Gasteiger partial charge on any atom is -0.311 e. The summed E-state index contributed by atoms with van der Waals surface area (Å²) in [6.07, 6.45) is 0. The lowest BCUT2D eigenvalue weighted by atomic mass is 9.68. The average molecular weight is 1900 g/mol. The molecule has 0 aromatic heterocycles. The maximum atomic E-state index is 2.65. The van der Waals surface area contributed by atoms with Crippen LogP contribution in [0.25, 0.3) is 156 Å². The molecule has 0 bridgehead atoms. The van der Waals surface area contributed by atoms with E-state index in [1.54, 1.807) is 0 Å². The van der Waals surface area contributed by atoms with Gasteiger partial charge in [-0.3, -0.25) is 0 Å². The van der Waals surface area contributed by atoms with Gasteiger partial charge in [0.15, 0.2) is 0 Å². The van der Waals surface area contributed by atoms with Gasteiger partial charge in [-0.25, -0.2) is 0 Å². The van der Waals surface area contributed by atoms with Gasteiger partial charge in [0.2, 0.25) is 0 Å². The number of anilines is 12. The van der Waals surface area contributed by atoms with Crippen LogP contribution in [0.1, 0.15) is 22.3 Å². The molecule has 0 amide bonds. The standard InChI is InChI=1S/C145H100N4/c1-15-47-101(48-16-1)133-135(103-51-19-3-20-52-103)143(137(105-55-23-5-24-56-105)141(109-83-93-123(94-84-109)148(117-67-35-11-36-68-117)118-69-37-12-38-70-118)139(133)107-79-89-121(90-80-107)146(113-59-27-7-28-60-113)114-61-29-8-30-62-114)111-87-97-127-128-98-88-112(100-132(128)145(131(127)99-111)129-77-45-43-75-125(129)126-76-44-46-78-130(126)145)144-136(104-53-21-4-22-54-104)134(102-49-17-2-18-50-102)140(108-81-91-122(92-82-108)147(115-63-31-9-32-64-115)116-65-33-10-34-66-116)142(138(144)106-57-25-6-26-58-106)110-85-95-124(96-86-110)149(119-71-39-13-40-72-119)120-73-41-14-42-74-120/h1-100H. The topological polar surface area (TPSA) is 13.0 Å². The van der Waals surface area contributed by atoms with E-state index < -0.39 is 5.41 Å². The zero-order valence-corrected chi connectivity index (χ0v) is 82.0. The van der Waals surface area contributed by atoms with E-state index in [1.807, 2.05) is 0 Å². The number of benzene rings is 24. The predicted molar refractivity (Wildman–Crippen MR) is 627 cm³/mol. The molecule has 0 N–H and O–H groups in total. The molecule has 0 heterocycles. The quantitative estimate of drug-likeness (QED) is 0.0598. The van der Waals surface area contributed by atoms with Crippen molar-refractivity contribution >= 4 is 68.2 Å². The van der Waals surface area contributed by atoms with Gasteiger partial charge in [0, 0.05) is 68.2 Å². The number of para-hydroxylation sites is 8. The number of hydrogen-bond donors (Lipinski definition) is 0. The van der Waals surface area contributed by atoms with Gasteiger partial charge in [-0.2, -0.15) is 0 Å². The summed E-state index contributed by atoms with van der Waals surface area (Å²) in [4.78, 5) is 9.46. The molecule has 0 radical (unpaired) electrons. The lowest BCUT2D eigenvalue weighted by Gasteiger charge is -2.33. The first-order valence-electron chi connectivity index (χ1n) is 51.3. The Labute approximate surface area is 871 Å². The first-order valence-corrected chi connectivity index (χ1v) is 51.3. The van der Waals surface area contributed by atoms with Crippen LogP contribution >= 0.6 is 0 Å². The van der Waals surface area contributed by atoms with Crippen LogP contribution in [0.2, 0.25) is 0 Å². The lowest BCUT2D eigenvalue weighted by molar-refractivity contribution is 0.794. The fourth-order valence-corrected chi connectivity index (χ4v) is 23.6. The summed E-state index contributed by atoms with van der Waals surface area (Å²) < 4.78 is 0. The predicted octanol–water partition coefficient (Wildman–Crippen LogP) is 39.9. The molecule has 26 rings (SSSR count). The normalized spacial score (nSPS) is 11.8. The Kier molecular flexibility index (Phi) is 23.6. The van der Waals surface area contributed by atoms with E-state index in [-0.39, 0.29) is 0 Å². The minimum atomic E-state index is -0.914. The van der Waals surface area contributed by atoms with E-state index >= 15 is 0 Å². The molecule has 0 atom stereocenters. The van der Waals surface area contributed by atoms with E-state index in [0.717, 1.165) is 202 Å². The van der Waals surface area contributed by atoms with Crippen LogP contribution in [0.3, 0.4) is 0 Å². The average Bonchev–Trinajstić information content (AvgIpc) is 1.51. The molecule has 0 unspecified atom stereocenters. The molecule has 4 heteroatoms. The number of hydrogen-bond acceptors (Lipinski definition) is 4. The fraction of sp³-hybridized carbons (Fsp3) is 0.00690. The highest BCUT2D eigenvalue weighted by atomic mass is 15.2. The summed E-state index contributed by atoms with van der Waals surface area (Å²) >= 11 is 0. The summed E-state index contributed by atoms with van der Waals surface area (Å²) in [6, 6.07) is 225. The zero-order chi connectivity index (χ0) is 98.9. The van der Waals surface area contributed by atoms with Crippen molar-refractivity contribution in [2.24, 2.45) is 0 Å². The van der Waals surface area contributed by atoms with Gasteiger partial charge < -0.3 is 19.6 Å². The van der Waals surface area contributed by atoms with Crippen LogP contribution in [0, 0.1) is 0 Å². The van der Waals surface area contributed by atoms with Crippen molar-refractivity contribution in [2.75, 3.05) is 19.6 Å². The summed E-state index contributed by atoms with van der Waals surface area (Å²) in [7, 11) is 0. The van der Waals surface area contributed by atoms with Crippen LogP contribution in [0.5, 0.6) is 0 Å². The molecule has 700 valence electrons. The monoisotopic (exact) mass is 1900 g/mol. The summed E-state index contributed by atoms with van der Waals surface area (Å²) in [5, 5.41) is 0. The zero-order valence-electron chi connectivity index (χ0n) is 82.0. The molecular formula is C145H100N4. The highest BCUT2D eigenvalue weighted by Gasteiger charge is 2.52. The van der Waals surface area contributed by atoms with Crippen molar-refractivity contribution in [3.8, 4) is 156 Å². The molecule has 0 aliphatic heterocycles. The van der Waals surface area contributed by atoms with E-state index in [4.69, 9.17) is 0 Å². The molecule has 0 saturated heterocycles. The third-order valence-electron chi connectivity index (χ3n) is 29.8. The van der Waals surface area contributed by atoms with E-state index in [9.17, 15) is 0 Å². The van der Waals surface area contributed by atoms with Crippen LogP contribution in [-0.4, -0.2) is 0 Å². The van der Waals surface area contributed by atoms with Crippen molar-refractivity contribution in [3.05, 3.63) is 629 Å². The van der Waals surface area contributed by atoms with E-state index in [1.165, 1.54) is 44.5 Å². The minimum absolute atomic E-state index is 0.914. The summed E-state index contributed by atoms with van der Waals surface area (Å²) in [5.74, 6) is 0. The van der Waals surface area contributed by atoms with Crippen molar-refractivity contribution in [3.63, 3.8) is 0 Å². The first-order chi connectivity index (χ1) is 74.0. The van der Waals surface area contributed by atoms with Gasteiger partial charge in [0.05, 0.1) is 5.41 Å². The Morgan fingerprint density at radius 3 is 0.403 bits per heavy atom. The second-order valence-electron chi connectivity index (χ2n) is 38.3. The molecule has 4 nitrogen and oxygen atoms in total. The molecule has 24 aromatic rings. The van der Waals surface area contributed by atoms with Crippen LogP contribution in [0.4, 0.5) is 68.2 Å². The van der Waals surface area contributed by atoms with Gasteiger partial charge in [0.25, 0.3) is 0 Å². The molecule has 2 aliphatic rings. The van der Waals surface area contributed by atoms with Gasteiger partial charge in [0.1, 0.15) is 0 Å². The Bertz CT molecular complexity index is 8240. The van der Waals surface area contributed by atoms with Gasteiger partial charge in [-0.1, -0.05) is 449 Å². The van der Waals surface area contributed by atoms with Crippen LogP contribution in [0.15, 0.2) is 607 Å². The lowest BCUT2D eigenvalue weighted by Crippen LogP contribution is -2.26. The van der Waals surface area contributed by atoms with Crippen LogP contribution < -0.4 is 19.6 Å². The molecule has 149 heavy (non-hydrogen) atoms. The van der Waals surface area contributed by atoms with E-state index in [2.05, 4.69) is 626 Å². The van der Waals surface area contributed by atoms with Gasteiger partial charge in [-0.05, 0) is 336 Å². The van der Waals surface area contributed by atoms with Crippen molar-refractivity contribution in [1.29, 1.82) is 0 Å². The molecule has 1 spiro atoms. The van der Waals surface area contributed by atoms with Crippen LogP contribution in [-0.2, 0) is 5.41 Å². The van der Waals surface area contributed by atoms with Crippen molar-refractivity contribution in [1.82, 2.24) is 0 Å². The molecule has 0 saturated carbocycles. The number of nitrogens with zero attached hydrogens (tertiary/aromatic N) is 4. The van der Waals surface area contributed by atoms with Crippen molar-refractivity contribution in [2.45, 2.75) is 5.41 Å². The first kappa shape index (κ1) is 89.6. The smallest absolute Gasteiger partial charge is 0.0725 e. The highest BCUT2D eigenvalue weighted by Crippen LogP contribution is 2.67. The number of fused-ring (bicyclic) bond motifs is 10. The Hall–Kier alpha value is -19.5.